The largest absolute Gasteiger partial charge is 0.504 e. The van der Waals surface area contributed by atoms with Crippen molar-refractivity contribution in [3.63, 3.8) is 0 Å². The number of benzene rings is 1. The Morgan fingerprint density at radius 1 is 1.20 bits per heavy atom. The summed E-state index contributed by atoms with van der Waals surface area (Å²) in [5.41, 5.74) is 5.26. The van der Waals surface area contributed by atoms with Crippen LogP contribution in [0.15, 0.2) is 16.9 Å². The zero-order valence-electron chi connectivity index (χ0n) is 14.4. The van der Waals surface area contributed by atoms with Crippen LogP contribution in [0.4, 0.5) is 5.82 Å². The molecule has 0 fully saturated rings. The van der Waals surface area contributed by atoms with Gasteiger partial charge in [0.25, 0.3) is 5.56 Å². The first kappa shape index (κ1) is 17.9. The molecule has 2 aromatic rings. The highest BCUT2D eigenvalue weighted by atomic mass is 16.5. The first-order valence-electron chi connectivity index (χ1n) is 7.43. The van der Waals surface area contributed by atoms with Crippen LogP contribution in [0.25, 0.3) is 11.1 Å². The molecule has 0 spiro atoms. The van der Waals surface area contributed by atoms with Gasteiger partial charge in [-0.15, -0.1) is 0 Å². The number of ether oxygens (including phenoxy) is 1. The Kier molecular flexibility index (Phi) is 4.45. The molecule has 4 N–H and O–H groups in total. The van der Waals surface area contributed by atoms with Gasteiger partial charge in [0.2, 0.25) is 0 Å². The average Bonchev–Trinajstić information content (AvgIpc) is 2.53. The number of nitriles is 2. The molecule has 0 saturated heterocycles. The summed E-state index contributed by atoms with van der Waals surface area (Å²) in [6.45, 7) is 5.89. The molecule has 0 unspecified atom stereocenters. The molecule has 0 saturated carbocycles. The van der Waals surface area contributed by atoms with Gasteiger partial charge in [0.15, 0.2) is 11.5 Å². The Balaban J connectivity index is 3.05. The van der Waals surface area contributed by atoms with Gasteiger partial charge in [-0.3, -0.25) is 4.79 Å². The van der Waals surface area contributed by atoms with Crippen molar-refractivity contribution in [2.45, 2.75) is 26.2 Å². The smallest absolute Gasteiger partial charge is 0.268 e. The van der Waals surface area contributed by atoms with Crippen LogP contribution in [0.3, 0.4) is 0 Å². The Morgan fingerprint density at radius 3 is 2.28 bits per heavy atom. The lowest BCUT2D eigenvalue weighted by Crippen LogP contribution is -2.17. The lowest BCUT2D eigenvalue weighted by atomic mass is 9.84. The maximum atomic E-state index is 12.1. The van der Waals surface area contributed by atoms with Crippen molar-refractivity contribution < 1.29 is 9.84 Å². The molecular weight excluding hydrogens is 320 g/mol. The van der Waals surface area contributed by atoms with Gasteiger partial charge >= 0.3 is 0 Å². The van der Waals surface area contributed by atoms with Crippen molar-refractivity contribution in [2.75, 3.05) is 12.8 Å². The Bertz CT molecular complexity index is 986. The van der Waals surface area contributed by atoms with Gasteiger partial charge in [0.05, 0.1) is 7.11 Å². The highest BCUT2D eigenvalue weighted by Crippen LogP contribution is 2.43. The molecule has 0 radical (unpaired) electrons. The number of methoxy groups -OCH3 is 1. The summed E-state index contributed by atoms with van der Waals surface area (Å²) in [7, 11) is 1.40. The fourth-order valence-corrected chi connectivity index (χ4v) is 2.50. The van der Waals surface area contributed by atoms with E-state index in [9.17, 15) is 20.4 Å². The first-order valence-corrected chi connectivity index (χ1v) is 7.43. The monoisotopic (exact) mass is 338 g/mol. The zero-order valence-corrected chi connectivity index (χ0v) is 14.4. The summed E-state index contributed by atoms with van der Waals surface area (Å²) in [5.74, 6) is -0.261. The maximum absolute atomic E-state index is 12.1. The lowest BCUT2D eigenvalue weighted by Gasteiger charge is -2.22. The number of nitrogens with zero attached hydrogens (tertiary/aromatic N) is 2. The number of nitrogen functional groups attached to an aromatic ring is 1. The number of aromatic nitrogens is 1. The van der Waals surface area contributed by atoms with E-state index in [4.69, 9.17) is 10.5 Å². The Hall–Kier alpha value is -3.45. The predicted octanol–water partition coefficient (Wildman–Crippen LogP) is 2.38. The second-order valence-electron chi connectivity index (χ2n) is 6.54. The van der Waals surface area contributed by atoms with E-state index in [-0.39, 0.29) is 45.0 Å². The van der Waals surface area contributed by atoms with Gasteiger partial charge in [0.1, 0.15) is 29.1 Å². The molecule has 0 bridgehead atoms. The van der Waals surface area contributed by atoms with E-state index in [1.54, 1.807) is 18.2 Å². The number of phenols is 1. The molecule has 7 nitrogen and oxygen atoms in total. The van der Waals surface area contributed by atoms with Gasteiger partial charge < -0.3 is 20.6 Å². The number of aromatic hydroxyl groups is 1. The predicted molar refractivity (Wildman–Crippen MR) is 93.3 cm³/mol. The molecule has 1 heterocycles. The molecule has 2 rings (SSSR count). The van der Waals surface area contributed by atoms with Crippen molar-refractivity contribution in [1.82, 2.24) is 4.98 Å². The zero-order chi connectivity index (χ0) is 18.9. The fourth-order valence-electron chi connectivity index (χ4n) is 2.50. The molecule has 7 heteroatoms. The molecule has 1 aromatic heterocycles. The number of pyridine rings is 1. The summed E-state index contributed by atoms with van der Waals surface area (Å²) >= 11 is 0. The van der Waals surface area contributed by atoms with Crippen molar-refractivity contribution in [2.24, 2.45) is 0 Å². The van der Waals surface area contributed by atoms with E-state index in [1.807, 2.05) is 26.8 Å². The standard InChI is InChI=1S/C18H18N4O3/c1-18(2,3)9-5-10(15(23)13(6-9)25-4)14-11(7-19)16(21)22-17(24)12(14)8-20/h5-6,23H,1-4H3,(H3,21,22,24). The van der Waals surface area contributed by atoms with E-state index >= 15 is 0 Å². The molecule has 0 aliphatic carbocycles. The summed E-state index contributed by atoms with van der Waals surface area (Å²) in [6.07, 6.45) is 0. The third kappa shape index (κ3) is 3.00. The van der Waals surface area contributed by atoms with E-state index in [0.717, 1.165) is 5.56 Å². The molecule has 0 atom stereocenters. The second-order valence-corrected chi connectivity index (χ2v) is 6.54. The number of nitrogens with one attached hydrogen (secondary N) is 1. The number of rotatable bonds is 2. The van der Waals surface area contributed by atoms with Crippen molar-refractivity contribution in [1.29, 1.82) is 10.5 Å². The fraction of sp³-hybridized carbons (Fsp3) is 0.278. The molecular formula is C18H18N4O3. The van der Waals surface area contributed by atoms with E-state index in [0.29, 0.717) is 0 Å². The first-order chi connectivity index (χ1) is 11.6. The molecule has 0 amide bonds. The quantitative estimate of drug-likeness (QED) is 0.769. The van der Waals surface area contributed by atoms with Crippen LogP contribution in [0.2, 0.25) is 0 Å². The summed E-state index contributed by atoms with van der Waals surface area (Å²) in [6, 6.07) is 6.98. The van der Waals surface area contributed by atoms with Crippen LogP contribution in [-0.2, 0) is 5.41 Å². The summed E-state index contributed by atoms with van der Waals surface area (Å²) in [4.78, 5) is 14.4. The number of hydrogen-bond acceptors (Lipinski definition) is 6. The number of anilines is 1. The van der Waals surface area contributed by atoms with Crippen molar-refractivity contribution >= 4 is 5.82 Å². The SMILES string of the molecule is COc1cc(C(C)(C)C)cc(-c2c(C#N)c(N)[nH]c(=O)c2C#N)c1O. The summed E-state index contributed by atoms with van der Waals surface area (Å²) in [5, 5.41) is 29.4. The van der Waals surface area contributed by atoms with E-state index in [1.165, 1.54) is 7.11 Å². The minimum atomic E-state index is -0.728. The van der Waals surface area contributed by atoms with E-state index < -0.39 is 5.56 Å². The minimum Gasteiger partial charge on any atom is -0.504 e. The molecule has 25 heavy (non-hydrogen) atoms. The van der Waals surface area contributed by atoms with Crippen LogP contribution in [0.1, 0.15) is 37.5 Å². The molecule has 128 valence electrons. The van der Waals surface area contributed by atoms with Crippen molar-refractivity contribution in [3.05, 3.63) is 39.2 Å². The Labute approximate surface area is 144 Å². The number of hydrogen-bond donors (Lipinski definition) is 3. The number of aromatic amines is 1. The van der Waals surface area contributed by atoms with Crippen LogP contribution in [-0.4, -0.2) is 17.2 Å². The number of phenolic OH excluding ortho intramolecular Hbond substituents is 1. The molecule has 1 aromatic carbocycles. The third-order valence-corrected chi connectivity index (χ3v) is 3.90. The highest BCUT2D eigenvalue weighted by Gasteiger charge is 2.25. The normalized spacial score (nSPS) is 10.8. The number of H-pyrrole nitrogens is 1. The van der Waals surface area contributed by atoms with Crippen LogP contribution < -0.4 is 16.0 Å². The van der Waals surface area contributed by atoms with Crippen molar-refractivity contribution in [3.8, 4) is 34.8 Å². The third-order valence-electron chi connectivity index (χ3n) is 3.90. The molecule has 0 aliphatic heterocycles. The van der Waals surface area contributed by atoms with Gasteiger partial charge in [-0.2, -0.15) is 10.5 Å². The minimum absolute atomic E-state index is 0.00634. The molecule has 0 aliphatic rings. The van der Waals surface area contributed by atoms with Gasteiger partial charge in [-0.05, 0) is 23.1 Å². The maximum Gasteiger partial charge on any atom is 0.268 e. The van der Waals surface area contributed by atoms with E-state index in [2.05, 4.69) is 4.98 Å². The summed E-state index contributed by atoms with van der Waals surface area (Å²) < 4.78 is 5.22. The van der Waals surface area contributed by atoms with Crippen LogP contribution in [0, 0.1) is 22.7 Å². The van der Waals surface area contributed by atoms with Gasteiger partial charge in [-0.25, -0.2) is 0 Å². The van der Waals surface area contributed by atoms with Gasteiger partial charge in [-0.1, -0.05) is 20.8 Å². The number of nitrogens with two attached hydrogens (primary N) is 1. The average molecular weight is 338 g/mol. The highest BCUT2D eigenvalue weighted by molar-refractivity contribution is 5.85. The van der Waals surface area contributed by atoms with Crippen LogP contribution >= 0.6 is 0 Å². The van der Waals surface area contributed by atoms with Gasteiger partial charge in [0, 0.05) is 11.1 Å². The van der Waals surface area contributed by atoms with Crippen LogP contribution in [0.5, 0.6) is 11.5 Å². The Morgan fingerprint density at radius 2 is 1.80 bits per heavy atom. The second kappa shape index (κ2) is 6.21. The lowest BCUT2D eigenvalue weighted by molar-refractivity contribution is 0.372. The topological polar surface area (TPSA) is 136 Å².